The zero-order valence-corrected chi connectivity index (χ0v) is 24.9. The van der Waals surface area contributed by atoms with Gasteiger partial charge in [0.2, 0.25) is 11.8 Å². The Labute approximate surface area is 257 Å². The van der Waals surface area contributed by atoms with Gasteiger partial charge in [-0.3, -0.25) is 14.6 Å². The second-order valence-corrected chi connectivity index (χ2v) is 12.0. The number of aliphatic imine (C=N–C) groups is 1. The van der Waals surface area contributed by atoms with Gasteiger partial charge in [-0.1, -0.05) is 84.9 Å². The van der Waals surface area contributed by atoms with Crippen LogP contribution in [0.1, 0.15) is 42.0 Å². The van der Waals surface area contributed by atoms with Crippen LogP contribution in [0.3, 0.4) is 0 Å². The molecule has 44 heavy (non-hydrogen) atoms. The van der Waals surface area contributed by atoms with Crippen molar-refractivity contribution in [1.82, 2.24) is 0 Å². The van der Waals surface area contributed by atoms with Crippen LogP contribution in [0.25, 0.3) is 10.8 Å². The summed E-state index contributed by atoms with van der Waals surface area (Å²) in [6.45, 7) is 6.18. The van der Waals surface area contributed by atoms with E-state index in [1.807, 2.05) is 85.1 Å². The Morgan fingerprint density at radius 1 is 0.727 bits per heavy atom. The molecular formula is C39H33N3O2. The van der Waals surface area contributed by atoms with Crippen LogP contribution >= 0.6 is 0 Å². The molecule has 0 saturated carbocycles. The number of hydrogen-bond donors (Lipinski definition) is 0. The van der Waals surface area contributed by atoms with Gasteiger partial charge in [-0.25, -0.2) is 4.90 Å². The van der Waals surface area contributed by atoms with Crippen LogP contribution in [-0.4, -0.2) is 31.1 Å². The standard InChI is InChI=1S/C39H33N3O2/c1-3-41(4-2)27-22-20-26(21-23-27)40-24-39-31-17-9-7-15-29(31)34(30-16-8-10-18-32(30)39)35-36(39)38(44)42(37(35)43)33-19-11-13-25-12-5-6-14-28(25)33/h5-24,34-36H,3-4H2,1-2H3/t34?,35-,36-,39?/m0/s1. The molecule has 0 unspecified atom stereocenters. The summed E-state index contributed by atoms with van der Waals surface area (Å²) in [6.07, 6.45) is 1.97. The Bertz CT molecular complexity index is 1920. The van der Waals surface area contributed by atoms with E-state index >= 15 is 0 Å². The number of fused-ring (bicyclic) bond motifs is 1. The Morgan fingerprint density at radius 2 is 1.34 bits per heavy atom. The largest absolute Gasteiger partial charge is 0.372 e. The van der Waals surface area contributed by atoms with Crippen LogP contribution in [0.4, 0.5) is 17.1 Å². The smallest absolute Gasteiger partial charge is 0.239 e. The monoisotopic (exact) mass is 575 g/mol. The van der Waals surface area contributed by atoms with Crippen molar-refractivity contribution in [1.29, 1.82) is 0 Å². The highest BCUT2D eigenvalue weighted by Gasteiger charge is 2.68. The van der Waals surface area contributed by atoms with E-state index in [0.717, 1.165) is 57.5 Å². The van der Waals surface area contributed by atoms with E-state index in [1.165, 1.54) is 4.90 Å². The number of imide groups is 1. The molecule has 2 bridgehead atoms. The number of carbonyl (C=O) groups excluding carboxylic acids is 2. The summed E-state index contributed by atoms with van der Waals surface area (Å²) >= 11 is 0. The first-order chi connectivity index (χ1) is 21.6. The van der Waals surface area contributed by atoms with Crippen molar-refractivity contribution in [3.8, 4) is 0 Å². The topological polar surface area (TPSA) is 53.0 Å². The van der Waals surface area contributed by atoms with E-state index in [2.05, 4.69) is 55.1 Å². The fourth-order valence-electron chi connectivity index (χ4n) is 8.21. The number of amides is 2. The molecule has 1 fully saturated rings. The molecule has 2 amide bonds. The van der Waals surface area contributed by atoms with Gasteiger partial charge in [0.25, 0.3) is 0 Å². The Balaban J connectivity index is 1.33. The van der Waals surface area contributed by atoms with Gasteiger partial charge in [-0.15, -0.1) is 0 Å². The predicted octanol–water partition coefficient (Wildman–Crippen LogP) is 7.64. The summed E-state index contributed by atoms with van der Waals surface area (Å²) in [5.41, 5.74) is 6.08. The molecule has 1 aliphatic heterocycles. The molecular weight excluding hydrogens is 542 g/mol. The third kappa shape index (κ3) is 3.56. The van der Waals surface area contributed by atoms with Crippen molar-refractivity contribution in [3.05, 3.63) is 138 Å². The number of rotatable bonds is 6. The molecule has 9 rings (SSSR count). The molecule has 1 heterocycles. The first kappa shape index (κ1) is 26.6. The minimum Gasteiger partial charge on any atom is -0.372 e. The SMILES string of the molecule is CCN(CC)c1ccc(N=CC23c4ccccc4C(c4ccccc42)[C@@H]2C(=O)N(c4cccc5ccccc45)C(=O)[C@H]23)cc1. The lowest BCUT2D eigenvalue weighted by Gasteiger charge is -2.52. The van der Waals surface area contributed by atoms with Crippen LogP contribution in [0.5, 0.6) is 0 Å². The maximum atomic E-state index is 14.8. The second-order valence-electron chi connectivity index (χ2n) is 12.0. The van der Waals surface area contributed by atoms with E-state index in [0.29, 0.717) is 5.69 Å². The Kier molecular flexibility index (Phi) is 6.05. The van der Waals surface area contributed by atoms with Crippen molar-refractivity contribution in [3.63, 3.8) is 0 Å². The third-order valence-electron chi connectivity index (χ3n) is 10.1. The Hall–Kier alpha value is -5.03. The molecule has 2 atom stereocenters. The molecule has 0 radical (unpaired) electrons. The molecule has 5 heteroatoms. The zero-order chi connectivity index (χ0) is 30.0. The molecule has 1 saturated heterocycles. The molecule has 0 aromatic heterocycles. The summed E-state index contributed by atoms with van der Waals surface area (Å²) in [6, 6.07) is 38.7. The number of benzene rings is 5. The van der Waals surface area contributed by atoms with Gasteiger partial charge in [-0.2, -0.15) is 0 Å². The second kappa shape index (κ2) is 10.0. The highest BCUT2D eigenvalue weighted by Crippen LogP contribution is 2.64. The van der Waals surface area contributed by atoms with Gasteiger partial charge < -0.3 is 4.90 Å². The third-order valence-corrected chi connectivity index (χ3v) is 10.1. The van der Waals surface area contributed by atoms with E-state index in [1.54, 1.807) is 0 Å². The summed E-state index contributed by atoms with van der Waals surface area (Å²) < 4.78 is 0. The lowest BCUT2D eigenvalue weighted by atomic mass is 9.47. The van der Waals surface area contributed by atoms with Gasteiger partial charge >= 0.3 is 0 Å². The van der Waals surface area contributed by atoms with Crippen LogP contribution in [0, 0.1) is 11.8 Å². The van der Waals surface area contributed by atoms with Crippen molar-refractivity contribution < 1.29 is 9.59 Å². The van der Waals surface area contributed by atoms with Gasteiger partial charge in [0.1, 0.15) is 0 Å². The van der Waals surface area contributed by atoms with E-state index in [4.69, 9.17) is 4.99 Å². The zero-order valence-electron chi connectivity index (χ0n) is 24.9. The number of nitrogens with zero attached hydrogens (tertiary/aromatic N) is 3. The molecule has 0 spiro atoms. The fourth-order valence-corrected chi connectivity index (χ4v) is 8.21. The normalized spacial score (nSPS) is 23.2. The minimum absolute atomic E-state index is 0.133. The van der Waals surface area contributed by atoms with Gasteiger partial charge in [0.15, 0.2) is 0 Å². The first-order valence-corrected chi connectivity index (χ1v) is 15.5. The summed E-state index contributed by atoms with van der Waals surface area (Å²) in [5, 5.41) is 1.90. The maximum absolute atomic E-state index is 14.8. The molecule has 0 N–H and O–H groups in total. The molecule has 4 aliphatic rings. The van der Waals surface area contributed by atoms with Crippen molar-refractivity contribution in [2.75, 3.05) is 22.9 Å². The average Bonchev–Trinajstić information content (AvgIpc) is 3.35. The van der Waals surface area contributed by atoms with Crippen molar-refractivity contribution in [2.24, 2.45) is 16.8 Å². The van der Waals surface area contributed by atoms with E-state index in [-0.39, 0.29) is 17.7 Å². The van der Waals surface area contributed by atoms with Gasteiger partial charge in [-0.05, 0) is 71.8 Å². The average molecular weight is 576 g/mol. The maximum Gasteiger partial charge on any atom is 0.239 e. The summed E-state index contributed by atoms with van der Waals surface area (Å²) in [5.74, 6) is -1.63. The molecule has 5 nitrogen and oxygen atoms in total. The van der Waals surface area contributed by atoms with Crippen LogP contribution in [0.15, 0.2) is 120 Å². The molecule has 5 aromatic carbocycles. The quantitative estimate of drug-likeness (QED) is 0.154. The summed E-state index contributed by atoms with van der Waals surface area (Å²) in [4.78, 5) is 38.3. The van der Waals surface area contributed by atoms with Gasteiger partial charge in [0.05, 0.1) is 28.6 Å². The number of carbonyl (C=O) groups is 2. The highest BCUT2D eigenvalue weighted by molar-refractivity contribution is 6.27. The summed E-state index contributed by atoms with van der Waals surface area (Å²) in [7, 11) is 0. The van der Waals surface area contributed by atoms with Crippen molar-refractivity contribution in [2.45, 2.75) is 25.2 Å². The van der Waals surface area contributed by atoms with Crippen LogP contribution in [0.2, 0.25) is 0 Å². The molecule has 216 valence electrons. The number of anilines is 2. The van der Waals surface area contributed by atoms with Crippen molar-refractivity contribution >= 4 is 45.9 Å². The van der Waals surface area contributed by atoms with E-state index in [9.17, 15) is 9.59 Å². The van der Waals surface area contributed by atoms with E-state index < -0.39 is 17.3 Å². The fraction of sp³-hybridized carbons (Fsp3) is 0.205. The van der Waals surface area contributed by atoms with Crippen LogP contribution in [-0.2, 0) is 15.0 Å². The predicted molar refractivity (Wildman–Crippen MR) is 177 cm³/mol. The first-order valence-electron chi connectivity index (χ1n) is 15.5. The molecule has 3 aliphatic carbocycles. The highest BCUT2D eigenvalue weighted by atomic mass is 16.2. The lowest BCUT2D eigenvalue weighted by Crippen LogP contribution is -2.54. The number of hydrogen-bond acceptors (Lipinski definition) is 4. The molecule has 5 aromatic rings. The Morgan fingerprint density at radius 3 is 2.02 bits per heavy atom. The minimum atomic E-state index is -0.893. The van der Waals surface area contributed by atoms with Crippen LogP contribution < -0.4 is 9.80 Å². The lowest BCUT2D eigenvalue weighted by molar-refractivity contribution is -0.122. The van der Waals surface area contributed by atoms with Gasteiger partial charge in [0, 0.05) is 36.3 Å².